The van der Waals surface area contributed by atoms with Gasteiger partial charge in [-0.25, -0.2) is 15.0 Å². The van der Waals surface area contributed by atoms with Gasteiger partial charge in [0.15, 0.2) is 5.65 Å². The molecule has 0 spiro atoms. The van der Waals surface area contributed by atoms with E-state index in [9.17, 15) is 0 Å². The first-order chi connectivity index (χ1) is 9.84. The molecule has 2 heterocycles. The molecule has 0 aliphatic rings. The molecule has 2 N–H and O–H groups in total. The zero-order valence-corrected chi connectivity index (χ0v) is 10.6. The zero-order chi connectivity index (χ0) is 13.5. The number of imidazole rings is 1. The standard InChI is InChI=1S/C15H11N5/c16-12-5-6-14(11-4-2-1-3-10(11)12)20-9-19-13-7-17-8-18-15(13)20/h1-9H,16H2. The summed E-state index contributed by atoms with van der Waals surface area (Å²) in [4.78, 5) is 12.6. The average molecular weight is 261 g/mol. The molecule has 0 aliphatic heterocycles. The number of hydrogen-bond acceptors (Lipinski definition) is 4. The molecule has 0 unspecified atom stereocenters. The van der Waals surface area contributed by atoms with Gasteiger partial charge in [0.05, 0.1) is 11.9 Å². The number of nitrogens with zero attached hydrogens (tertiary/aromatic N) is 4. The maximum absolute atomic E-state index is 6.04. The monoisotopic (exact) mass is 261 g/mol. The van der Waals surface area contributed by atoms with Crippen LogP contribution in [0.3, 0.4) is 0 Å². The molecule has 96 valence electrons. The van der Waals surface area contributed by atoms with Gasteiger partial charge < -0.3 is 5.73 Å². The van der Waals surface area contributed by atoms with E-state index in [2.05, 4.69) is 15.0 Å². The summed E-state index contributed by atoms with van der Waals surface area (Å²) in [5, 5.41) is 2.10. The molecule has 0 radical (unpaired) electrons. The molecular weight excluding hydrogens is 250 g/mol. The van der Waals surface area contributed by atoms with Crippen LogP contribution in [-0.2, 0) is 0 Å². The van der Waals surface area contributed by atoms with E-state index in [0.29, 0.717) is 0 Å². The SMILES string of the molecule is Nc1ccc(-n2cnc3cncnc32)c2ccccc12. The highest BCUT2D eigenvalue weighted by Gasteiger charge is 2.09. The van der Waals surface area contributed by atoms with Crippen molar-refractivity contribution in [3.63, 3.8) is 0 Å². The lowest BCUT2D eigenvalue weighted by Crippen LogP contribution is -1.97. The fourth-order valence-corrected chi connectivity index (χ4v) is 2.46. The number of benzene rings is 2. The molecule has 5 heteroatoms. The van der Waals surface area contributed by atoms with E-state index in [1.807, 2.05) is 41.0 Å². The zero-order valence-electron chi connectivity index (χ0n) is 10.6. The van der Waals surface area contributed by atoms with Crippen molar-refractivity contribution in [1.29, 1.82) is 0 Å². The summed E-state index contributed by atoms with van der Waals surface area (Å²) >= 11 is 0. The lowest BCUT2D eigenvalue weighted by Gasteiger charge is -2.09. The molecule has 0 atom stereocenters. The van der Waals surface area contributed by atoms with E-state index in [4.69, 9.17) is 5.73 Å². The Morgan fingerprint density at radius 2 is 1.80 bits per heavy atom. The third kappa shape index (κ3) is 1.46. The minimum Gasteiger partial charge on any atom is -0.398 e. The largest absolute Gasteiger partial charge is 0.398 e. The van der Waals surface area contributed by atoms with Crippen molar-refractivity contribution in [3.8, 4) is 5.69 Å². The molecule has 0 saturated carbocycles. The van der Waals surface area contributed by atoms with Gasteiger partial charge in [-0.1, -0.05) is 24.3 Å². The summed E-state index contributed by atoms with van der Waals surface area (Å²) in [6.45, 7) is 0. The molecule has 0 aliphatic carbocycles. The second-order valence-electron chi connectivity index (χ2n) is 4.57. The quantitative estimate of drug-likeness (QED) is 0.534. The van der Waals surface area contributed by atoms with Gasteiger partial charge in [0, 0.05) is 16.5 Å². The summed E-state index contributed by atoms with van der Waals surface area (Å²) in [6.07, 6.45) is 5.00. The van der Waals surface area contributed by atoms with E-state index >= 15 is 0 Å². The lowest BCUT2D eigenvalue weighted by atomic mass is 10.1. The van der Waals surface area contributed by atoms with Gasteiger partial charge in [0.2, 0.25) is 0 Å². The van der Waals surface area contributed by atoms with Crippen LogP contribution < -0.4 is 5.73 Å². The minimum absolute atomic E-state index is 0.767. The normalized spacial score (nSPS) is 11.2. The molecule has 2 aromatic heterocycles. The van der Waals surface area contributed by atoms with Crippen molar-refractivity contribution in [2.45, 2.75) is 0 Å². The number of rotatable bonds is 1. The van der Waals surface area contributed by atoms with Crippen molar-refractivity contribution in [3.05, 3.63) is 55.2 Å². The van der Waals surface area contributed by atoms with Crippen molar-refractivity contribution in [2.75, 3.05) is 5.73 Å². The van der Waals surface area contributed by atoms with Crippen LogP contribution in [-0.4, -0.2) is 19.5 Å². The Morgan fingerprint density at radius 3 is 2.70 bits per heavy atom. The van der Waals surface area contributed by atoms with Crippen molar-refractivity contribution in [1.82, 2.24) is 19.5 Å². The maximum atomic E-state index is 6.04. The second-order valence-corrected chi connectivity index (χ2v) is 4.57. The van der Waals surface area contributed by atoms with Crippen molar-refractivity contribution >= 4 is 27.6 Å². The van der Waals surface area contributed by atoms with Gasteiger partial charge in [-0.05, 0) is 12.1 Å². The summed E-state index contributed by atoms with van der Waals surface area (Å²) in [5.74, 6) is 0. The molecular formula is C15H11N5. The number of aromatic nitrogens is 4. The van der Waals surface area contributed by atoms with Crippen LogP contribution in [0.15, 0.2) is 55.2 Å². The maximum Gasteiger partial charge on any atom is 0.167 e. The molecule has 4 rings (SSSR count). The predicted octanol–water partition coefficient (Wildman–Crippen LogP) is 2.55. The van der Waals surface area contributed by atoms with Crippen LogP contribution in [0.2, 0.25) is 0 Å². The van der Waals surface area contributed by atoms with Gasteiger partial charge in [0.25, 0.3) is 0 Å². The Bertz CT molecular complexity index is 926. The van der Waals surface area contributed by atoms with Crippen LogP contribution in [0.25, 0.3) is 27.6 Å². The Labute approximate surface area is 114 Å². The van der Waals surface area contributed by atoms with Crippen molar-refractivity contribution < 1.29 is 0 Å². The molecule has 20 heavy (non-hydrogen) atoms. The highest BCUT2D eigenvalue weighted by atomic mass is 15.1. The molecule has 0 bridgehead atoms. The van der Waals surface area contributed by atoms with E-state index in [1.165, 1.54) is 6.33 Å². The molecule has 5 nitrogen and oxygen atoms in total. The average Bonchev–Trinajstić information content (AvgIpc) is 2.92. The van der Waals surface area contributed by atoms with Gasteiger partial charge in [0.1, 0.15) is 18.2 Å². The van der Waals surface area contributed by atoms with Gasteiger partial charge in [-0.3, -0.25) is 4.57 Å². The topological polar surface area (TPSA) is 69.6 Å². The number of nitrogen functional groups attached to an aromatic ring is 1. The Balaban J connectivity index is 2.10. The number of hydrogen-bond donors (Lipinski definition) is 1. The van der Waals surface area contributed by atoms with E-state index in [1.54, 1.807) is 12.5 Å². The van der Waals surface area contributed by atoms with Crippen LogP contribution in [0.4, 0.5) is 5.69 Å². The van der Waals surface area contributed by atoms with Crippen LogP contribution >= 0.6 is 0 Å². The third-order valence-corrected chi connectivity index (χ3v) is 3.41. The number of nitrogens with two attached hydrogens (primary N) is 1. The first kappa shape index (κ1) is 10.9. The first-order valence-corrected chi connectivity index (χ1v) is 6.25. The highest BCUT2D eigenvalue weighted by molar-refractivity contribution is 5.99. The Hall–Kier alpha value is -2.95. The minimum atomic E-state index is 0.767. The summed E-state index contributed by atoms with van der Waals surface area (Å²) < 4.78 is 1.96. The van der Waals surface area contributed by atoms with E-state index in [0.717, 1.165) is 33.3 Å². The first-order valence-electron chi connectivity index (χ1n) is 6.25. The Kier molecular flexibility index (Phi) is 2.20. The number of anilines is 1. The summed E-state index contributed by atoms with van der Waals surface area (Å²) in [7, 11) is 0. The third-order valence-electron chi connectivity index (χ3n) is 3.41. The lowest BCUT2D eigenvalue weighted by molar-refractivity contribution is 1.07. The van der Waals surface area contributed by atoms with Crippen LogP contribution in [0.5, 0.6) is 0 Å². The van der Waals surface area contributed by atoms with Gasteiger partial charge in [-0.15, -0.1) is 0 Å². The summed E-state index contributed by atoms with van der Waals surface area (Å²) in [6, 6.07) is 11.9. The highest BCUT2D eigenvalue weighted by Crippen LogP contribution is 2.28. The predicted molar refractivity (Wildman–Crippen MR) is 78.6 cm³/mol. The fourth-order valence-electron chi connectivity index (χ4n) is 2.46. The Morgan fingerprint density at radius 1 is 0.950 bits per heavy atom. The van der Waals surface area contributed by atoms with Gasteiger partial charge >= 0.3 is 0 Å². The molecule has 4 aromatic rings. The molecule has 0 amide bonds. The second kappa shape index (κ2) is 4.03. The van der Waals surface area contributed by atoms with E-state index in [-0.39, 0.29) is 0 Å². The number of fused-ring (bicyclic) bond motifs is 2. The van der Waals surface area contributed by atoms with Crippen LogP contribution in [0.1, 0.15) is 0 Å². The molecule has 0 fully saturated rings. The van der Waals surface area contributed by atoms with Crippen molar-refractivity contribution in [2.24, 2.45) is 0 Å². The van der Waals surface area contributed by atoms with E-state index < -0.39 is 0 Å². The fraction of sp³-hybridized carbons (Fsp3) is 0. The summed E-state index contributed by atoms with van der Waals surface area (Å²) in [5.41, 5.74) is 9.38. The van der Waals surface area contributed by atoms with Crippen LogP contribution in [0, 0.1) is 0 Å². The molecule has 0 saturated heterocycles. The van der Waals surface area contributed by atoms with Gasteiger partial charge in [-0.2, -0.15) is 0 Å². The molecule has 2 aromatic carbocycles. The smallest absolute Gasteiger partial charge is 0.167 e.